The molecule has 7 nitrogen and oxygen atoms in total. The first-order valence-electron chi connectivity index (χ1n) is 10.1. The van der Waals surface area contributed by atoms with Crippen molar-refractivity contribution in [1.82, 2.24) is 15.4 Å². The molecule has 1 aromatic rings. The van der Waals surface area contributed by atoms with Gasteiger partial charge in [-0.05, 0) is 31.0 Å². The van der Waals surface area contributed by atoms with E-state index in [0.717, 1.165) is 23.6 Å². The second kappa shape index (κ2) is 14.2. The van der Waals surface area contributed by atoms with E-state index in [1.807, 2.05) is 24.3 Å². The van der Waals surface area contributed by atoms with Gasteiger partial charge in [-0.3, -0.25) is 4.99 Å². The molecule has 1 aliphatic rings. The molecule has 0 spiro atoms. The van der Waals surface area contributed by atoms with Crippen LogP contribution in [0.4, 0.5) is 0 Å². The number of halogens is 1. The molecular weight excluding hydrogens is 503 g/mol. The Labute approximate surface area is 192 Å². The Bertz CT molecular complexity index is 703. The number of sulfonamides is 1. The highest BCUT2D eigenvalue weighted by Crippen LogP contribution is 2.19. The highest BCUT2D eigenvalue weighted by atomic mass is 127. The van der Waals surface area contributed by atoms with Crippen molar-refractivity contribution in [2.45, 2.75) is 56.9 Å². The lowest BCUT2D eigenvalue weighted by molar-refractivity contribution is 0.0468. The third kappa shape index (κ3) is 10.6. The van der Waals surface area contributed by atoms with E-state index in [9.17, 15) is 8.42 Å². The maximum atomic E-state index is 11.6. The van der Waals surface area contributed by atoms with E-state index < -0.39 is 10.0 Å². The maximum absolute atomic E-state index is 11.6. The first kappa shape index (κ1) is 26.1. The zero-order valence-electron chi connectivity index (χ0n) is 17.4. The van der Waals surface area contributed by atoms with E-state index in [0.29, 0.717) is 19.3 Å². The van der Waals surface area contributed by atoms with Crippen molar-refractivity contribution in [3.8, 4) is 0 Å². The normalized spacial score (nSPS) is 16.0. The van der Waals surface area contributed by atoms with Crippen LogP contribution in [-0.2, 0) is 27.1 Å². The fraction of sp³-hybridized carbons (Fsp3) is 0.650. The monoisotopic (exact) mass is 538 g/mol. The van der Waals surface area contributed by atoms with Crippen LogP contribution in [0.1, 0.15) is 49.7 Å². The van der Waals surface area contributed by atoms with Gasteiger partial charge in [0.2, 0.25) is 10.0 Å². The van der Waals surface area contributed by atoms with E-state index in [-0.39, 0.29) is 29.7 Å². The number of nitrogens with zero attached hydrogens (tertiary/aromatic N) is 1. The highest BCUT2D eigenvalue weighted by Gasteiger charge is 2.12. The van der Waals surface area contributed by atoms with Gasteiger partial charge in [-0.1, -0.05) is 49.9 Å². The van der Waals surface area contributed by atoms with Crippen molar-refractivity contribution < 1.29 is 13.2 Å². The van der Waals surface area contributed by atoms with Crippen LogP contribution in [0.2, 0.25) is 0 Å². The Morgan fingerprint density at radius 3 is 2.28 bits per heavy atom. The Morgan fingerprint density at radius 2 is 1.69 bits per heavy atom. The first-order chi connectivity index (χ1) is 13.5. The summed E-state index contributed by atoms with van der Waals surface area (Å²) in [6.07, 6.45) is 7.99. The van der Waals surface area contributed by atoms with Crippen LogP contribution in [0, 0.1) is 0 Å². The molecule has 0 atom stereocenters. The molecule has 166 valence electrons. The SMILES string of the molecule is CN=C(NCCOC1CCCCCC1)NCc1ccc(CS(=O)(=O)NC)cc1.I. The molecule has 1 aliphatic carbocycles. The number of hydrogen-bond donors (Lipinski definition) is 3. The summed E-state index contributed by atoms with van der Waals surface area (Å²) < 4.78 is 31.5. The van der Waals surface area contributed by atoms with Crippen LogP contribution >= 0.6 is 24.0 Å². The Balaban J connectivity index is 0.00000420. The van der Waals surface area contributed by atoms with Crippen molar-refractivity contribution in [1.29, 1.82) is 0 Å². The van der Waals surface area contributed by atoms with Crippen LogP contribution in [0.15, 0.2) is 29.3 Å². The van der Waals surface area contributed by atoms with E-state index in [1.165, 1.54) is 45.6 Å². The molecule has 0 aliphatic heterocycles. The quantitative estimate of drug-likeness (QED) is 0.148. The van der Waals surface area contributed by atoms with Gasteiger partial charge < -0.3 is 15.4 Å². The molecule has 29 heavy (non-hydrogen) atoms. The lowest BCUT2D eigenvalue weighted by atomic mass is 10.1. The number of ether oxygens (including phenoxy) is 1. The van der Waals surface area contributed by atoms with E-state index in [1.54, 1.807) is 7.05 Å². The van der Waals surface area contributed by atoms with Crippen LogP contribution in [0.3, 0.4) is 0 Å². The van der Waals surface area contributed by atoms with Crippen molar-refractivity contribution in [2.75, 3.05) is 27.2 Å². The Morgan fingerprint density at radius 1 is 1.07 bits per heavy atom. The second-order valence-electron chi connectivity index (χ2n) is 7.12. The fourth-order valence-corrected chi connectivity index (χ4v) is 4.03. The topological polar surface area (TPSA) is 91.8 Å². The zero-order valence-corrected chi connectivity index (χ0v) is 20.6. The Kier molecular flexibility index (Phi) is 12.8. The molecule has 1 fully saturated rings. The maximum Gasteiger partial charge on any atom is 0.215 e. The van der Waals surface area contributed by atoms with Gasteiger partial charge in [0, 0.05) is 20.1 Å². The zero-order chi connectivity index (χ0) is 20.2. The second-order valence-corrected chi connectivity index (χ2v) is 9.04. The third-order valence-electron chi connectivity index (χ3n) is 4.92. The molecule has 1 aromatic carbocycles. The minimum absolute atomic E-state index is 0. The summed E-state index contributed by atoms with van der Waals surface area (Å²) in [6.45, 7) is 2.01. The van der Waals surface area contributed by atoms with Gasteiger partial charge in [-0.25, -0.2) is 13.1 Å². The predicted octanol–water partition coefficient (Wildman–Crippen LogP) is 2.76. The fourth-order valence-electron chi connectivity index (χ4n) is 3.25. The first-order valence-corrected chi connectivity index (χ1v) is 11.7. The number of guanidine groups is 1. The lowest BCUT2D eigenvalue weighted by Crippen LogP contribution is -2.38. The van der Waals surface area contributed by atoms with Gasteiger partial charge in [0.1, 0.15) is 0 Å². The van der Waals surface area contributed by atoms with Gasteiger partial charge in [0.05, 0.1) is 18.5 Å². The largest absolute Gasteiger partial charge is 0.376 e. The summed E-state index contributed by atoms with van der Waals surface area (Å²) in [6, 6.07) is 7.53. The van der Waals surface area contributed by atoms with E-state index in [2.05, 4.69) is 20.3 Å². The molecule has 2 rings (SSSR count). The minimum atomic E-state index is -3.24. The summed E-state index contributed by atoms with van der Waals surface area (Å²) in [4.78, 5) is 4.23. The average molecular weight is 538 g/mol. The van der Waals surface area contributed by atoms with Crippen LogP contribution in [0.25, 0.3) is 0 Å². The van der Waals surface area contributed by atoms with Gasteiger partial charge in [-0.2, -0.15) is 0 Å². The number of nitrogens with one attached hydrogen (secondary N) is 3. The lowest BCUT2D eigenvalue weighted by Gasteiger charge is -2.17. The smallest absolute Gasteiger partial charge is 0.215 e. The molecule has 0 aromatic heterocycles. The van der Waals surface area contributed by atoms with Crippen LogP contribution in [-0.4, -0.2) is 47.7 Å². The molecule has 0 amide bonds. The highest BCUT2D eigenvalue weighted by molar-refractivity contribution is 14.0. The van der Waals surface area contributed by atoms with Gasteiger partial charge in [0.15, 0.2) is 5.96 Å². The Hall–Kier alpha value is -0.910. The minimum Gasteiger partial charge on any atom is -0.376 e. The van der Waals surface area contributed by atoms with Crippen molar-refractivity contribution >= 4 is 40.0 Å². The summed E-state index contributed by atoms with van der Waals surface area (Å²) in [7, 11) is -0.0772. The summed E-state index contributed by atoms with van der Waals surface area (Å²) in [5.41, 5.74) is 1.82. The van der Waals surface area contributed by atoms with Gasteiger partial charge in [0.25, 0.3) is 0 Å². The molecule has 0 heterocycles. The molecule has 9 heteroatoms. The van der Waals surface area contributed by atoms with E-state index in [4.69, 9.17) is 4.74 Å². The third-order valence-corrected chi connectivity index (χ3v) is 6.26. The molecule has 0 unspecified atom stereocenters. The summed E-state index contributed by atoms with van der Waals surface area (Å²) in [5, 5.41) is 6.54. The summed E-state index contributed by atoms with van der Waals surface area (Å²) >= 11 is 0. The molecular formula is C20H35IN4O3S. The summed E-state index contributed by atoms with van der Waals surface area (Å²) in [5.74, 6) is 0.716. The molecule has 1 saturated carbocycles. The van der Waals surface area contributed by atoms with Crippen LogP contribution < -0.4 is 15.4 Å². The molecule has 0 bridgehead atoms. The van der Waals surface area contributed by atoms with Gasteiger partial charge in [-0.15, -0.1) is 24.0 Å². The number of benzene rings is 1. The van der Waals surface area contributed by atoms with Crippen LogP contribution in [0.5, 0.6) is 0 Å². The number of rotatable bonds is 9. The average Bonchev–Trinajstić information content (AvgIpc) is 2.97. The van der Waals surface area contributed by atoms with Crippen molar-refractivity contribution in [3.05, 3.63) is 35.4 Å². The van der Waals surface area contributed by atoms with Gasteiger partial charge >= 0.3 is 0 Å². The number of aliphatic imine (C=N–C) groups is 1. The van der Waals surface area contributed by atoms with E-state index >= 15 is 0 Å². The standard InChI is InChI=1S/C20H34N4O3S.HI/c1-21-20(23-13-14-27-19-7-5-3-4-6-8-19)24-15-17-9-11-18(12-10-17)16-28(25,26)22-2;/h9-12,19,22H,3-8,13-16H2,1-2H3,(H2,21,23,24);1H. The molecule has 0 saturated heterocycles. The van der Waals surface area contributed by atoms with Crippen molar-refractivity contribution in [3.63, 3.8) is 0 Å². The molecule has 0 radical (unpaired) electrons. The van der Waals surface area contributed by atoms with Crippen molar-refractivity contribution in [2.24, 2.45) is 4.99 Å². The predicted molar refractivity (Wildman–Crippen MR) is 129 cm³/mol. The number of hydrogen-bond acceptors (Lipinski definition) is 4. The molecule has 3 N–H and O–H groups in total.